The van der Waals surface area contributed by atoms with Gasteiger partial charge in [-0.15, -0.1) is 0 Å². The second-order valence-electron chi connectivity index (χ2n) is 3.67. The summed E-state index contributed by atoms with van der Waals surface area (Å²) in [6.07, 6.45) is 0. The molecule has 102 valence electrons. The van der Waals surface area contributed by atoms with Crippen molar-refractivity contribution in [1.82, 2.24) is 4.72 Å². The maximum atomic E-state index is 13.0. The van der Waals surface area contributed by atoms with E-state index in [1.165, 1.54) is 13.0 Å². The SMILES string of the molecule is Cc1ccc(F)cc1S(=O)(=O)NCCS(N)(=O)=O. The van der Waals surface area contributed by atoms with E-state index < -0.39 is 31.6 Å². The lowest BCUT2D eigenvalue weighted by atomic mass is 10.2. The molecular weight excluding hydrogens is 283 g/mol. The number of sulfonamides is 2. The zero-order valence-electron chi connectivity index (χ0n) is 9.55. The first-order valence-electron chi connectivity index (χ1n) is 4.88. The number of primary sulfonamides is 1. The number of aryl methyl sites for hydroxylation is 1. The first kappa shape index (κ1) is 15.0. The van der Waals surface area contributed by atoms with Crippen LogP contribution in [-0.2, 0) is 20.0 Å². The van der Waals surface area contributed by atoms with Gasteiger partial charge in [0.25, 0.3) is 0 Å². The molecule has 0 aliphatic carbocycles. The van der Waals surface area contributed by atoms with Gasteiger partial charge in [0.05, 0.1) is 10.6 Å². The minimum absolute atomic E-state index is 0.225. The number of nitrogens with one attached hydrogen (secondary N) is 1. The monoisotopic (exact) mass is 296 g/mol. The van der Waals surface area contributed by atoms with Crippen molar-refractivity contribution < 1.29 is 21.2 Å². The Hall–Kier alpha value is -1.03. The highest BCUT2D eigenvalue weighted by atomic mass is 32.2. The summed E-state index contributed by atoms with van der Waals surface area (Å²) < 4.78 is 59.9. The van der Waals surface area contributed by atoms with Crippen LogP contribution in [0.4, 0.5) is 4.39 Å². The van der Waals surface area contributed by atoms with Gasteiger partial charge in [-0.1, -0.05) is 6.07 Å². The Kier molecular flexibility index (Phi) is 4.43. The topological polar surface area (TPSA) is 106 Å². The molecule has 0 radical (unpaired) electrons. The molecule has 0 spiro atoms. The van der Waals surface area contributed by atoms with E-state index >= 15 is 0 Å². The maximum absolute atomic E-state index is 13.0. The highest BCUT2D eigenvalue weighted by Gasteiger charge is 2.17. The van der Waals surface area contributed by atoms with E-state index in [1.807, 2.05) is 4.72 Å². The Bertz CT molecular complexity index is 641. The summed E-state index contributed by atoms with van der Waals surface area (Å²) >= 11 is 0. The number of hydrogen-bond acceptors (Lipinski definition) is 4. The van der Waals surface area contributed by atoms with Gasteiger partial charge < -0.3 is 0 Å². The molecule has 0 saturated carbocycles. The molecular formula is C9H13FN2O4S2. The van der Waals surface area contributed by atoms with Crippen molar-refractivity contribution in [2.45, 2.75) is 11.8 Å². The van der Waals surface area contributed by atoms with E-state index in [0.717, 1.165) is 12.1 Å². The second-order valence-corrected chi connectivity index (χ2v) is 7.14. The van der Waals surface area contributed by atoms with E-state index in [4.69, 9.17) is 5.14 Å². The van der Waals surface area contributed by atoms with Gasteiger partial charge in [-0.2, -0.15) is 0 Å². The molecule has 9 heteroatoms. The van der Waals surface area contributed by atoms with E-state index in [2.05, 4.69) is 0 Å². The van der Waals surface area contributed by atoms with Gasteiger partial charge in [-0.3, -0.25) is 0 Å². The van der Waals surface area contributed by atoms with Crippen molar-refractivity contribution in [3.8, 4) is 0 Å². The third kappa shape index (κ3) is 4.33. The fourth-order valence-electron chi connectivity index (χ4n) is 1.26. The third-order valence-corrected chi connectivity index (χ3v) is 4.49. The first-order chi connectivity index (χ1) is 8.12. The Morgan fingerprint density at radius 2 is 1.89 bits per heavy atom. The molecule has 0 bridgehead atoms. The van der Waals surface area contributed by atoms with Gasteiger partial charge in [0.1, 0.15) is 5.82 Å². The average molecular weight is 296 g/mol. The smallest absolute Gasteiger partial charge is 0.229 e. The van der Waals surface area contributed by atoms with Crippen LogP contribution in [0.1, 0.15) is 5.56 Å². The van der Waals surface area contributed by atoms with Crippen molar-refractivity contribution in [2.75, 3.05) is 12.3 Å². The molecule has 6 nitrogen and oxygen atoms in total. The van der Waals surface area contributed by atoms with Crippen LogP contribution in [0.15, 0.2) is 23.1 Å². The van der Waals surface area contributed by atoms with Crippen molar-refractivity contribution in [1.29, 1.82) is 0 Å². The predicted molar refractivity (Wildman–Crippen MR) is 64.3 cm³/mol. The number of hydrogen-bond donors (Lipinski definition) is 2. The van der Waals surface area contributed by atoms with Crippen LogP contribution in [0.2, 0.25) is 0 Å². The van der Waals surface area contributed by atoms with Crippen molar-refractivity contribution in [3.05, 3.63) is 29.6 Å². The van der Waals surface area contributed by atoms with Gasteiger partial charge in [-0.05, 0) is 24.6 Å². The molecule has 0 aromatic heterocycles. The molecule has 0 heterocycles. The zero-order chi connectivity index (χ0) is 14.0. The van der Waals surface area contributed by atoms with E-state index in [1.54, 1.807) is 0 Å². The highest BCUT2D eigenvalue weighted by Crippen LogP contribution is 2.15. The summed E-state index contributed by atoms with van der Waals surface area (Å²) in [4.78, 5) is -0.225. The first-order valence-corrected chi connectivity index (χ1v) is 8.08. The minimum Gasteiger partial charge on any atom is -0.229 e. The number of nitrogens with two attached hydrogens (primary N) is 1. The molecule has 0 saturated heterocycles. The third-order valence-electron chi connectivity index (χ3n) is 2.12. The Morgan fingerprint density at radius 1 is 1.28 bits per heavy atom. The standard InChI is InChI=1S/C9H13FN2O4S2/c1-7-2-3-8(10)6-9(7)18(15,16)12-4-5-17(11,13)14/h2-3,6,12H,4-5H2,1H3,(H2,11,13,14). The van der Waals surface area contributed by atoms with Gasteiger partial charge in [0.2, 0.25) is 20.0 Å². The number of halogens is 1. The fraction of sp³-hybridized carbons (Fsp3) is 0.333. The quantitative estimate of drug-likeness (QED) is 0.778. The largest absolute Gasteiger partial charge is 0.240 e. The fourth-order valence-corrected chi connectivity index (χ4v) is 3.06. The van der Waals surface area contributed by atoms with E-state index in [9.17, 15) is 21.2 Å². The summed E-state index contributed by atoms with van der Waals surface area (Å²) in [5.41, 5.74) is 0.361. The molecule has 0 aliphatic heterocycles. The summed E-state index contributed by atoms with van der Waals surface area (Å²) in [7, 11) is -7.69. The lowest BCUT2D eigenvalue weighted by Crippen LogP contribution is -2.31. The van der Waals surface area contributed by atoms with E-state index in [0.29, 0.717) is 5.56 Å². The van der Waals surface area contributed by atoms with Crippen LogP contribution < -0.4 is 9.86 Å². The molecule has 0 aliphatic rings. The van der Waals surface area contributed by atoms with Crippen molar-refractivity contribution in [2.24, 2.45) is 5.14 Å². The summed E-state index contributed by atoms with van der Waals surface area (Å²) in [5, 5.41) is 4.73. The highest BCUT2D eigenvalue weighted by molar-refractivity contribution is 7.90. The predicted octanol–water partition coefficient (Wildman–Crippen LogP) is -0.299. The summed E-state index contributed by atoms with van der Waals surface area (Å²) in [5.74, 6) is -1.21. The van der Waals surface area contributed by atoms with Gasteiger partial charge in [-0.25, -0.2) is 31.1 Å². The zero-order valence-corrected chi connectivity index (χ0v) is 11.2. The lowest BCUT2D eigenvalue weighted by Gasteiger charge is -2.08. The second kappa shape index (κ2) is 5.31. The lowest BCUT2D eigenvalue weighted by molar-refractivity contribution is 0.577. The van der Waals surface area contributed by atoms with Crippen molar-refractivity contribution >= 4 is 20.0 Å². The van der Waals surface area contributed by atoms with Crippen LogP contribution in [-0.4, -0.2) is 29.1 Å². The summed E-state index contributed by atoms with van der Waals surface area (Å²) in [6.45, 7) is 1.14. The van der Waals surface area contributed by atoms with Gasteiger partial charge in [0.15, 0.2) is 0 Å². The molecule has 1 aromatic rings. The molecule has 3 N–H and O–H groups in total. The van der Waals surface area contributed by atoms with Crippen molar-refractivity contribution in [3.63, 3.8) is 0 Å². The van der Waals surface area contributed by atoms with Crippen LogP contribution in [0.3, 0.4) is 0 Å². The van der Waals surface area contributed by atoms with Crippen LogP contribution in [0.25, 0.3) is 0 Å². The molecule has 1 rings (SSSR count). The maximum Gasteiger partial charge on any atom is 0.240 e. The Labute approximate surface area is 105 Å². The summed E-state index contributed by atoms with van der Waals surface area (Å²) in [6, 6.07) is 3.33. The number of rotatable bonds is 5. The van der Waals surface area contributed by atoms with Crippen LogP contribution in [0.5, 0.6) is 0 Å². The normalized spacial score (nSPS) is 12.6. The molecule has 18 heavy (non-hydrogen) atoms. The molecule has 0 unspecified atom stereocenters. The van der Waals surface area contributed by atoms with Crippen LogP contribution >= 0.6 is 0 Å². The van der Waals surface area contributed by atoms with Crippen LogP contribution in [0, 0.1) is 12.7 Å². The molecule has 1 aromatic carbocycles. The van der Waals surface area contributed by atoms with Gasteiger partial charge in [0, 0.05) is 6.54 Å². The average Bonchev–Trinajstić information content (AvgIpc) is 2.19. The molecule has 0 fully saturated rings. The number of benzene rings is 1. The van der Waals surface area contributed by atoms with E-state index in [-0.39, 0.29) is 11.4 Å². The van der Waals surface area contributed by atoms with Gasteiger partial charge >= 0.3 is 0 Å². The Morgan fingerprint density at radius 3 is 2.44 bits per heavy atom. The minimum atomic E-state index is -3.95. The molecule has 0 amide bonds. The Balaban J connectivity index is 2.90. The molecule has 0 atom stereocenters.